The van der Waals surface area contributed by atoms with Gasteiger partial charge < -0.3 is 8.98 Å². The summed E-state index contributed by atoms with van der Waals surface area (Å²) in [5, 5.41) is 4.86. The molecule has 0 amide bonds. The molecule has 27 heavy (non-hydrogen) atoms. The average molecular weight is 347 g/mol. The Labute approximate surface area is 156 Å². The third kappa shape index (κ3) is 1.95. The smallest absolute Gasteiger partial charge is 0.159 e. The summed E-state index contributed by atoms with van der Waals surface area (Å²) in [5.41, 5.74) is 6.59. The molecule has 0 saturated carbocycles. The lowest BCUT2D eigenvalue weighted by molar-refractivity contribution is 0.666. The molecule has 0 N–H and O–H groups in total. The van der Waals surface area contributed by atoms with E-state index in [1.54, 1.807) is 0 Å². The van der Waals surface area contributed by atoms with E-state index >= 15 is 0 Å². The number of benzene rings is 4. The third-order valence-electron chi connectivity index (χ3n) is 5.42. The van der Waals surface area contributed by atoms with Crippen LogP contribution < -0.4 is 0 Å². The van der Waals surface area contributed by atoms with Gasteiger partial charge in [0.25, 0.3) is 0 Å². The molecule has 0 aliphatic heterocycles. The first-order valence-corrected chi connectivity index (χ1v) is 9.22. The quantitative estimate of drug-likeness (QED) is 0.313. The van der Waals surface area contributed by atoms with Crippen LogP contribution in [0.15, 0.2) is 89.3 Å². The summed E-state index contributed by atoms with van der Waals surface area (Å²) in [6, 6.07) is 29.9. The molecule has 6 rings (SSSR count). The molecule has 0 saturated heterocycles. The molecular formula is C25H17NO. The number of fused-ring (bicyclic) bond motifs is 6. The van der Waals surface area contributed by atoms with Gasteiger partial charge in [0.15, 0.2) is 5.58 Å². The van der Waals surface area contributed by atoms with Gasteiger partial charge in [-0.1, -0.05) is 54.6 Å². The summed E-state index contributed by atoms with van der Waals surface area (Å²) in [7, 11) is 0. The van der Waals surface area contributed by atoms with Gasteiger partial charge in [-0.2, -0.15) is 0 Å². The zero-order valence-corrected chi connectivity index (χ0v) is 14.9. The zero-order valence-electron chi connectivity index (χ0n) is 14.9. The van der Waals surface area contributed by atoms with Crippen LogP contribution in [0.5, 0.6) is 0 Å². The maximum atomic E-state index is 6.34. The average Bonchev–Trinajstić information content (AvgIpc) is 3.24. The molecule has 2 aromatic heterocycles. The van der Waals surface area contributed by atoms with E-state index in [-0.39, 0.29) is 0 Å². The van der Waals surface area contributed by atoms with Crippen molar-refractivity contribution in [3.63, 3.8) is 0 Å². The fourth-order valence-electron chi connectivity index (χ4n) is 4.30. The number of nitrogens with zero attached hydrogens (tertiary/aromatic N) is 1. The molecule has 6 aromatic rings. The van der Waals surface area contributed by atoms with Crippen LogP contribution in [0.25, 0.3) is 49.4 Å². The highest BCUT2D eigenvalue weighted by atomic mass is 16.3. The fourth-order valence-corrected chi connectivity index (χ4v) is 4.30. The number of hydrogen-bond acceptors (Lipinski definition) is 1. The van der Waals surface area contributed by atoms with Crippen LogP contribution in [-0.4, -0.2) is 4.57 Å². The van der Waals surface area contributed by atoms with Gasteiger partial charge in [-0.3, -0.25) is 0 Å². The van der Waals surface area contributed by atoms with Crippen molar-refractivity contribution in [3.8, 4) is 5.69 Å². The Morgan fingerprint density at radius 2 is 1.22 bits per heavy atom. The summed E-state index contributed by atoms with van der Waals surface area (Å²) in [4.78, 5) is 0. The maximum absolute atomic E-state index is 6.34. The van der Waals surface area contributed by atoms with E-state index in [0.29, 0.717) is 0 Å². The molecule has 0 bridgehead atoms. The Balaban J connectivity index is 1.86. The van der Waals surface area contributed by atoms with Crippen molar-refractivity contribution < 1.29 is 4.42 Å². The van der Waals surface area contributed by atoms with Gasteiger partial charge >= 0.3 is 0 Å². The van der Waals surface area contributed by atoms with E-state index in [9.17, 15) is 0 Å². The molecule has 2 nitrogen and oxygen atoms in total. The minimum Gasteiger partial charge on any atom is -0.454 e. The van der Waals surface area contributed by atoms with Crippen molar-refractivity contribution >= 4 is 43.7 Å². The second kappa shape index (κ2) is 5.24. The topological polar surface area (TPSA) is 18.1 Å². The van der Waals surface area contributed by atoms with Crippen LogP contribution in [-0.2, 0) is 0 Å². The summed E-state index contributed by atoms with van der Waals surface area (Å²) >= 11 is 0. The highest BCUT2D eigenvalue weighted by Crippen LogP contribution is 2.38. The van der Waals surface area contributed by atoms with Gasteiger partial charge in [0.2, 0.25) is 0 Å². The molecule has 2 heterocycles. The number of aryl methyl sites for hydroxylation is 1. The lowest BCUT2D eigenvalue weighted by Crippen LogP contribution is -1.95. The molecule has 0 spiro atoms. The molecular weight excluding hydrogens is 330 g/mol. The van der Waals surface area contributed by atoms with E-state index in [4.69, 9.17) is 4.42 Å². The van der Waals surface area contributed by atoms with Crippen LogP contribution in [0.4, 0.5) is 0 Å². The Kier molecular flexibility index (Phi) is 2.84. The minimum atomic E-state index is 0.931. The SMILES string of the molecule is Cc1cc(-n2c3ccccc3c3ccccc32)c2oc3ccccc3c2c1. The lowest BCUT2D eigenvalue weighted by Gasteiger charge is -2.09. The maximum Gasteiger partial charge on any atom is 0.159 e. The van der Waals surface area contributed by atoms with Crippen LogP contribution in [0, 0.1) is 6.92 Å². The van der Waals surface area contributed by atoms with Crippen molar-refractivity contribution in [2.24, 2.45) is 0 Å². The van der Waals surface area contributed by atoms with E-state index < -0.39 is 0 Å². The lowest BCUT2D eigenvalue weighted by atomic mass is 10.1. The molecule has 0 fully saturated rings. The Hall–Kier alpha value is -3.52. The molecule has 0 aliphatic rings. The molecule has 0 radical (unpaired) electrons. The normalized spacial score (nSPS) is 11.9. The van der Waals surface area contributed by atoms with Crippen molar-refractivity contribution in [3.05, 3.63) is 90.5 Å². The van der Waals surface area contributed by atoms with Gasteiger partial charge in [-0.15, -0.1) is 0 Å². The molecule has 4 aromatic carbocycles. The number of hydrogen-bond donors (Lipinski definition) is 0. The van der Waals surface area contributed by atoms with E-state index in [0.717, 1.165) is 16.9 Å². The number of rotatable bonds is 1. The second-order valence-electron chi connectivity index (χ2n) is 7.13. The van der Waals surface area contributed by atoms with Crippen LogP contribution in [0.1, 0.15) is 5.56 Å². The molecule has 2 heteroatoms. The minimum absolute atomic E-state index is 0.931. The third-order valence-corrected chi connectivity index (χ3v) is 5.42. The van der Waals surface area contributed by atoms with E-state index in [1.807, 2.05) is 12.1 Å². The molecule has 0 aliphatic carbocycles. The van der Waals surface area contributed by atoms with Gasteiger partial charge in [0, 0.05) is 21.5 Å². The Morgan fingerprint density at radius 1 is 0.630 bits per heavy atom. The molecule has 0 atom stereocenters. The standard InChI is InChI=1S/C25H17NO/c1-16-14-20-19-10-4-7-13-24(19)27-25(20)23(15-16)26-21-11-5-2-8-17(21)18-9-3-6-12-22(18)26/h2-15H,1H3. The molecule has 128 valence electrons. The first-order valence-electron chi connectivity index (χ1n) is 9.22. The predicted octanol–water partition coefficient (Wildman–Crippen LogP) is 6.99. The highest BCUT2D eigenvalue weighted by Gasteiger charge is 2.17. The molecule has 0 unspecified atom stereocenters. The Bertz CT molecular complexity index is 1430. The zero-order chi connectivity index (χ0) is 18.0. The fraction of sp³-hybridized carbons (Fsp3) is 0.0400. The first kappa shape index (κ1) is 14.6. The van der Waals surface area contributed by atoms with Crippen molar-refractivity contribution in [1.82, 2.24) is 4.57 Å². The monoisotopic (exact) mass is 347 g/mol. The van der Waals surface area contributed by atoms with Crippen molar-refractivity contribution in [1.29, 1.82) is 0 Å². The van der Waals surface area contributed by atoms with Gasteiger partial charge in [-0.05, 0) is 42.8 Å². The van der Waals surface area contributed by atoms with E-state index in [2.05, 4.69) is 84.3 Å². The predicted molar refractivity (Wildman–Crippen MR) is 113 cm³/mol. The van der Waals surface area contributed by atoms with Gasteiger partial charge in [0.05, 0.1) is 16.7 Å². The summed E-state index contributed by atoms with van der Waals surface area (Å²) < 4.78 is 8.68. The van der Waals surface area contributed by atoms with Gasteiger partial charge in [0.1, 0.15) is 5.58 Å². The Morgan fingerprint density at radius 3 is 1.93 bits per heavy atom. The van der Waals surface area contributed by atoms with Gasteiger partial charge in [-0.25, -0.2) is 0 Å². The number of para-hydroxylation sites is 3. The largest absolute Gasteiger partial charge is 0.454 e. The van der Waals surface area contributed by atoms with Crippen molar-refractivity contribution in [2.75, 3.05) is 0 Å². The first-order chi connectivity index (χ1) is 13.3. The number of furan rings is 1. The van der Waals surface area contributed by atoms with Crippen molar-refractivity contribution in [2.45, 2.75) is 6.92 Å². The van der Waals surface area contributed by atoms with Crippen LogP contribution in [0.3, 0.4) is 0 Å². The van der Waals surface area contributed by atoms with Crippen LogP contribution in [0.2, 0.25) is 0 Å². The highest BCUT2D eigenvalue weighted by molar-refractivity contribution is 6.12. The van der Waals surface area contributed by atoms with Crippen LogP contribution >= 0.6 is 0 Å². The van der Waals surface area contributed by atoms with E-state index in [1.165, 1.54) is 38.1 Å². The summed E-state index contributed by atoms with van der Waals surface area (Å²) in [6.07, 6.45) is 0. The number of aromatic nitrogens is 1. The second-order valence-corrected chi connectivity index (χ2v) is 7.13. The summed E-state index contributed by atoms with van der Waals surface area (Å²) in [6.45, 7) is 2.15. The summed E-state index contributed by atoms with van der Waals surface area (Å²) in [5.74, 6) is 0.